The van der Waals surface area contributed by atoms with Crippen molar-refractivity contribution in [1.29, 1.82) is 0 Å². The summed E-state index contributed by atoms with van der Waals surface area (Å²) >= 11 is 1.65. The highest BCUT2D eigenvalue weighted by Gasteiger charge is 2.48. The quantitative estimate of drug-likeness (QED) is 0.883. The van der Waals surface area contributed by atoms with E-state index in [9.17, 15) is 5.11 Å². The summed E-state index contributed by atoms with van der Waals surface area (Å²) in [6.07, 6.45) is 0.625. The van der Waals surface area contributed by atoms with Crippen molar-refractivity contribution in [3.05, 3.63) is 35.9 Å². The minimum Gasteiger partial charge on any atom is -0.396 e. The van der Waals surface area contributed by atoms with Gasteiger partial charge in [0.25, 0.3) is 0 Å². The molecular formula is C18H26N2O3S. The number of ether oxygens (including phenoxy) is 2. The van der Waals surface area contributed by atoms with Gasteiger partial charge in [0.2, 0.25) is 0 Å². The largest absolute Gasteiger partial charge is 0.396 e. The second kappa shape index (κ2) is 7.87. The van der Waals surface area contributed by atoms with Crippen molar-refractivity contribution in [2.75, 3.05) is 20.7 Å². The molecule has 132 valence electrons. The average molecular weight is 350 g/mol. The lowest BCUT2D eigenvalue weighted by Crippen LogP contribution is -2.51. The Bertz CT molecular complexity index is 567. The first-order valence-electron chi connectivity index (χ1n) is 8.43. The van der Waals surface area contributed by atoms with Crippen LogP contribution in [-0.4, -0.2) is 59.6 Å². The summed E-state index contributed by atoms with van der Waals surface area (Å²) < 4.78 is 12.5. The molecule has 1 saturated heterocycles. The third kappa shape index (κ3) is 3.77. The molecule has 2 aliphatic rings. The first-order valence-corrected chi connectivity index (χ1v) is 9.31. The van der Waals surface area contributed by atoms with Crippen molar-refractivity contribution in [2.24, 2.45) is 10.9 Å². The van der Waals surface area contributed by atoms with Gasteiger partial charge < -0.3 is 19.5 Å². The molecule has 5 atom stereocenters. The van der Waals surface area contributed by atoms with E-state index >= 15 is 0 Å². The van der Waals surface area contributed by atoms with Gasteiger partial charge in [-0.1, -0.05) is 49.0 Å². The van der Waals surface area contributed by atoms with Crippen LogP contribution in [0, 0.1) is 5.92 Å². The molecule has 6 heteroatoms. The highest BCUT2D eigenvalue weighted by Crippen LogP contribution is 2.41. The molecule has 0 bridgehead atoms. The molecule has 2 heterocycles. The van der Waals surface area contributed by atoms with E-state index in [1.165, 1.54) is 0 Å². The van der Waals surface area contributed by atoms with E-state index < -0.39 is 0 Å². The Labute approximate surface area is 148 Å². The molecule has 0 aliphatic carbocycles. The Morgan fingerprint density at radius 2 is 2.04 bits per heavy atom. The SMILES string of the molecule is C[C@H]1[C@H](OCc2ccccc2)[C@H]2N=C(N(C)C)S[C@H]2O[C@@H]1CCO. The maximum Gasteiger partial charge on any atom is 0.161 e. The number of aliphatic hydroxyl groups is 1. The van der Waals surface area contributed by atoms with Gasteiger partial charge in [-0.25, -0.2) is 0 Å². The van der Waals surface area contributed by atoms with E-state index in [0.717, 1.165) is 10.7 Å². The Hall–Kier alpha value is -1.08. The van der Waals surface area contributed by atoms with Gasteiger partial charge in [-0.2, -0.15) is 0 Å². The molecule has 0 amide bonds. The number of benzene rings is 1. The third-order valence-corrected chi connectivity index (χ3v) is 5.90. The standard InChI is InChI=1S/C18H26N2O3S/c1-12-14(9-10-21)23-17-15(19-18(24-17)20(2)3)16(12)22-11-13-7-5-4-6-8-13/h4-8,12,14-17,21H,9-11H2,1-3H3/t12-,14-,15-,16+,17-/m1/s1. The Kier molecular flexibility index (Phi) is 5.81. The highest BCUT2D eigenvalue weighted by atomic mass is 32.2. The van der Waals surface area contributed by atoms with Crippen LogP contribution in [-0.2, 0) is 16.1 Å². The Morgan fingerprint density at radius 3 is 2.71 bits per heavy atom. The zero-order valence-corrected chi connectivity index (χ0v) is 15.3. The van der Waals surface area contributed by atoms with E-state index in [1.807, 2.05) is 37.2 Å². The van der Waals surface area contributed by atoms with Crippen LogP contribution in [0.4, 0.5) is 0 Å². The minimum atomic E-state index is -0.0316. The second-order valence-electron chi connectivity index (χ2n) is 6.59. The van der Waals surface area contributed by atoms with Crippen molar-refractivity contribution in [3.8, 4) is 0 Å². The first kappa shape index (κ1) is 17.7. The molecular weight excluding hydrogens is 324 g/mol. The maximum absolute atomic E-state index is 9.35. The predicted molar refractivity (Wildman–Crippen MR) is 97.0 cm³/mol. The molecule has 0 radical (unpaired) electrons. The van der Waals surface area contributed by atoms with Gasteiger partial charge in [0.15, 0.2) is 5.17 Å². The Balaban J connectivity index is 1.76. The lowest BCUT2D eigenvalue weighted by molar-refractivity contribution is -0.140. The van der Waals surface area contributed by atoms with E-state index in [2.05, 4.69) is 19.1 Å². The summed E-state index contributed by atoms with van der Waals surface area (Å²) in [5.74, 6) is 0.188. The molecule has 0 aromatic heterocycles. The van der Waals surface area contributed by atoms with Crippen molar-refractivity contribution in [1.82, 2.24) is 4.90 Å². The summed E-state index contributed by atoms with van der Waals surface area (Å²) in [5.41, 5.74) is 1.13. The smallest absolute Gasteiger partial charge is 0.161 e. The number of amidine groups is 1. The van der Waals surface area contributed by atoms with Crippen molar-refractivity contribution in [2.45, 2.75) is 43.6 Å². The van der Waals surface area contributed by atoms with Crippen molar-refractivity contribution >= 4 is 16.9 Å². The molecule has 2 aliphatic heterocycles. The number of hydrogen-bond donors (Lipinski definition) is 1. The number of nitrogens with zero attached hydrogens (tertiary/aromatic N) is 2. The first-order chi connectivity index (χ1) is 11.6. The predicted octanol–water partition coefficient (Wildman–Crippen LogP) is 2.35. The van der Waals surface area contributed by atoms with Crippen LogP contribution in [0.25, 0.3) is 0 Å². The molecule has 5 nitrogen and oxygen atoms in total. The van der Waals surface area contributed by atoms with Gasteiger partial charge in [0.1, 0.15) is 11.5 Å². The van der Waals surface area contributed by atoms with Crippen LogP contribution in [0.2, 0.25) is 0 Å². The fraction of sp³-hybridized carbons (Fsp3) is 0.611. The monoisotopic (exact) mass is 350 g/mol. The van der Waals surface area contributed by atoms with Crippen LogP contribution in [0.3, 0.4) is 0 Å². The lowest BCUT2D eigenvalue weighted by Gasteiger charge is -2.41. The van der Waals surface area contributed by atoms with E-state index in [1.54, 1.807) is 11.8 Å². The normalized spacial score (nSPS) is 32.3. The molecule has 1 fully saturated rings. The van der Waals surface area contributed by atoms with Gasteiger partial charge in [-0.3, -0.25) is 4.99 Å². The number of rotatable bonds is 5. The van der Waals surface area contributed by atoms with Gasteiger partial charge in [0, 0.05) is 26.6 Å². The number of hydrogen-bond acceptors (Lipinski definition) is 6. The molecule has 1 aromatic carbocycles. The number of thioether (sulfide) groups is 1. The lowest BCUT2D eigenvalue weighted by atomic mass is 9.88. The van der Waals surface area contributed by atoms with E-state index in [0.29, 0.717) is 13.0 Å². The molecule has 0 unspecified atom stereocenters. The molecule has 3 rings (SSSR count). The molecule has 0 saturated carbocycles. The number of aliphatic imine (C=N–C) groups is 1. The van der Waals surface area contributed by atoms with E-state index in [4.69, 9.17) is 14.5 Å². The molecule has 24 heavy (non-hydrogen) atoms. The van der Waals surface area contributed by atoms with Crippen LogP contribution in [0.5, 0.6) is 0 Å². The molecule has 1 N–H and O–H groups in total. The van der Waals surface area contributed by atoms with Crippen LogP contribution < -0.4 is 0 Å². The average Bonchev–Trinajstić information content (AvgIpc) is 3.00. The van der Waals surface area contributed by atoms with E-state index in [-0.39, 0.29) is 36.2 Å². The third-order valence-electron chi connectivity index (χ3n) is 4.59. The molecule has 0 spiro atoms. The van der Waals surface area contributed by atoms with Crippen LogP contribution in [0.1, 0.15) is 18.9 Å². The van der Waals surface area contributed by atoms with Crippen LogP contribution >= 0.6 is 11.8 Å². The Morgan fingerprint density at radius 1 is 1.29 bits per heavy atom. The van der Waals surface area contributed by atoms with Crippen molar-refractivity contribution < 1.29 is 14.6 Å². The van der Waals surface area contributed by atoms with Gasteiger partial charge in [-0.15, -0.1) is 0 Å². The second-order valence-corrected chi connectivity index (χ2v) is 7.66. The summed E-state index contributed by atoms with van der Waals surface area (Å²) in [6, 6.07) is 10.2. The highest BCUT2D eigenvalue weighted by molar-refractivity contribution is 8.14. The van der Waals surface area contributed by atoms with Gasteiger partial charge in [0.05, 0.1) is 18.8 Å². The summed E-state index contributed by atoms with van der Waals surface area (Å²) in [7, 11) is 4.00. The summed E-state index contributed by atoms with van der Waals surface area (Å²) in [5, 5.41) is 10.3. The van der Waals surface area contributed by atoms with Gasteiger partial charge in [-0.05, 0) is 12.0 Å². The summed E-state index contributed by atoms with van der Waals surface area (Å²) in [6.45, 7) is 2.84. The molecule has 1 aromatic rings. The number of fused-ring (bicyclic) bond motifs is 1. The maximum atomic E-state index is 9.35. The zero-order valence-electron chi connectivity index (χ0n) is 14.5. The zero-order chi connectivity index (χ0) is 17.1. The van der Waals surface area contributed by atoms with Gasteiger partial charge >= 0.3 is 0 Å². The fourth-order valence-electron chi connectivity index (χ4n) is 3.24. The number of aliphatic hydroxyl groups excluding tert-OH is 1. The van der Waals surface area contributed by atoms with Crippen LogP contribution in [0.15, 0.2) is 35.3 Å². The summed E-state index contributed by atoms with van der Waals surface area (Å²) in [4.78, 5) is 6.86. The topological polar surface area (TPSA) is 54.3 Å². The minimum absolute atomic E-state index is 0.000977. The fourth-order valence-corrected chi connectivity index (χ4v) is 4.40. The van der Waals surface area contributed by atoms with Crippen molar-refractivity contribution in [3.63, 3.8) is 0 Å².